The molecule has 0 radical (unpaired) electrons. The molecule has 0 aliphatic heterocycles. The Morgan fingerprint density at radius 3 is 2.27 bits per heavy atom. The Hall–Kier alpha value is -0.300. The van der Waals surface area contributed by atoms with Gasteiger partial charge in [0, 0.05) is 11.9 Å². The summed E-state index contributed by atoms with van der Waals surface area (Å²) in [4.78, 5) is 10.7. The third kappa shape index (κ3) is 4.16. The number of hydrogen-bond acceptors (Lipinski definition) is 5. The van der Waals surface area contributed by atoms with Gasteiger partial charge in [-0.2, -0.15) is 12.6 Å². The fraction of sp³-hybridized carbons (Fsp3) is 0.938. The SMILES string of the molecule is COCC(COC12CCCCC1(S)CCCC2)OCC(=O)O. The fourth-order valence-corrected chi connectivity index (χ4v) is 4.48. The van der Waals surface area contributed by atoms with Crippen molar-refractivity contribution in [1.29, 1.82) is 0 Å². The molecule has 0 aromatic heterocycles. The Labute approximate surface area is 138 Å². The highest BCUT2D eigenvalue weighted by Crippen LogP contribution is 2.52. The first-order valence-electron chi connectivity index (χ1n) is 8.20. The minimum atomic E-state index is -0.974. The summed E-state index contributed by atoms with van der Waals surface area (Å²) >= 11 is 5.01. The smallest absolute Gasteiger partial charge is 0.329 e. The third-order valence-corrected chi connectivity index (χ3v) is 5.89. The van der Waals surface area contributed by atoms with Crippen molar-refractivity contribution in [3.05, 3.63) is 0 Å². The zero-order chi connectivity index (χ0) is 16.1. The standard InChI is InChI=1S/C16H28O5S/c1-19-10-13(20-12-14(17)18)11-21-15-6-2-4-8-16(15,22)9-5-3-7-15/h13,22H,2-12H2,1H3,(H,17,18). The number of carboxylic acids is 1. The molecule has 2 saturated carbocycles. The second-order valence-electron chi connectivity index (χ2n) is 6.53. The molecule has 2 aliphatic rings. The van der Waals surface area contributed by atoms with Crippen molar-refractivity contribution in [2.75, 3.05) is 26.9 Å². The highest BCUT2D eigenvalue weighted by Gasteiger charge is 2.52. The minimum Gasteiger partial charge on any atom is -0.480 e. The van der Waals surface area contributed by atoms with Crippen LogP contribution in [0.15, 0.2) is 0 Å². The molecule has 128 valence electrons. The van der Waals surface area contributed by atoms with E-state index in [1.807, 2.05) is 0 Å². The molecule has 0 amide bonds. The van der Waals surface area contributed by atoms with E-state index in [-0.39, 0.29) is 23.1 Å². The van der Waals surface area contributed by atoms with Gasteiger partial charge in [0.05, 0.1) is 18.8 Å². The van der Waals surface area contributed by atoms with Crippen molar-refractivity contribution in [2.24, 2.45) is 0 Å². The Morgan fingerprint density at radius 2 is 1.73 bits per heavy atom. The van der Waals surface area contributed by atoms with E-state index in [0.717, 1.165) is 25.7 Å². The Kier molecular flexibility index (Phi) is 6.56. The van der Waals surface area contributed by atoms with E-state index in [0.29, 0.717) is 13.2 Å². The van der Waals surface area contributed by atoms with Crippen molar-refractivity contribution >= 4 is 18.6 Å². The number of methoxy groups -OCH3 is 1. The number of rotatable bonds is 8. The van der Waals surface area contributed by atoms with Crippen LogP contribution in [0, 0.1) is 0 Å². The van der Waals surface area contributed by atoms with Crippen LogP contribution in [0.5, 0.6) is 0 Å². The number of carboxylic acid groups (broad SMARTS) is 1. The van der Waals surface area contributed by atoms with Gasteiger partial charge in [-0.25, -0.2) is 4.79 Å². The summed E-state index contributed by atoms with van der Waals surface area (Å²) in [6.07, 6.45) is 8.70. The molecule has 1 N–H and O–H groups in total. The molecule has 2 fully saturated rings. The lowest BCUT2D eigenvalue weighted by Crippen LogP contribution is -2.57. The normalized spacial score (nSPS) is 33.2. The average molecular weight is 332 g/mol. The molecule has 2 aliphatic carbocycles. The van der Waals surface area contributed by atoms with Gasteiger partial charge in [-0.05, 0) is 25.7 Å². The molecule has 0 aromatic carbocycles. The van der Waals surface area contributed by atoms with E-state index < -0.39 is 5.97 Å². The van der Waals surface area contributed by atoms with Crippen LogP contribution in [0.4, 0.5) is 0 Å². The predicted octanol–water partition coefficient (Wildman–Crippen LogP) is 2.67. The molecule has 22 heavy (non-hydrogen) atoms. The molecule has 6 heteroatoms. The van der Waals surface area contributed by atoms with Crippen LogP contribution in [0.25, 0.3) is 0 Å². The maximum Gasteiger partial charge on any atom is 0.329 e. The first-order chi connectivity index (χ1) is 10.5. The van der Waals surface area contributed by atoms with Crippen LogP contribution < -0.4 is 0 Å². The molecule has 0 heterocycles. The van der Waals surface area contributed by atoms with Crippen LogP contribution in [-0.4, -0.2) is 54.5 Å². The second-order valence-corrected chi connectivity index (χ2v) is 7.39. The highest BCUT2D eigenvalue weighted by molar-refractivity contribution is 7.82. The number of thiol groups is 1. The molecule has 2 rings (SSSR count). The van der Waals surface area contributed by atoms with Crippen LogP contribution in [-0.2, 0) is 19.0 Å². The Morgan fingerprint density at radius 1 is 1.14 bits per heavy atom. The van der Waals surface area contributed by atoms with Crippen molar-refractivity contribution in [2.45, 2.75) is 67.8 Å². The predicted molar refractivity (Wildman–Crippen MR) is 86.6 cm³/mol. The third-order valence-electron chi connectivity index (χ3n) is 5.03. The lowest BCUT2D eigenvalue weighted by molar-refractivity contribution is -0.161. The number of fused-ring (bicyclic) bond motifs is 1. The van der Waals surface area contributed by atoms with Crippen LogP contribution in [0.2, 0.25) is 0 Å². The van der Waals surface area contributed by atoms with Crippen molar-refractivity contribution in [3.8, 4) is 0 Å². The molecular weight excluding hydrogens is 304 g/mol. The van der Waals surface area contributed by atoms with Crippen molar-refractivity contribution in [3.63, 3.8) is 0 Å². The van der Waals surface area contributed by atoms with Gasteiger partial charge in [-0.1, -0.05) is 25.7 Å². The number of aliphatic carboxylic acids is 1. The van der Waals surface area contributed by atoms with Gasteiger partial charge >= 0.3 is 5.97 Å². The Bertz CT molecular complexity index is 362. The van der Waals surface area contributed by atoms with E-state index in [4.69, 9.17) is 31.9 Å². The van der Waals surface area contributed by atoms with E-state index in [9.17, 15) is 4.79 Å². The molecule has 0 aromatic rings. The van der Waals surface area contributed by atoms with Crippen LogP contribution in [0.1, 0.15) is 51.4 Å². The first-order valence-corrected chi connectivity index (χ1v) is 8.65. The lowest BCUT2D eigenvalue weighted by Gasteiger charge is -2.54. The molecule has 0 bridgehead atoms. The number of ether oxygens (including phenoxy) is 3. The topological polar surface area (TPSA) is 65.0 Å². The van der Waals surface area contributed by atoms with Gasteiger partial charge in [0.15, 0.2) is 0 Å². The largest absolute Gasteiger partial charge is 0.480 e. The van der Waals surface area contributed by atoms with E-state index in [2.05, 4.69) is 0 Å². The number of hydrogen-bond donors (Lipinski definition) is 2. The van der Waals surface area contributed by atoms with Crippen molar-refractivity contribution in [1.82, 2.24) is 0 Å². The van der Waals surface area contributed by atoms with E-state index in [1.165, 1.54) is 25.7 Å². The maximum absolute atomic E-state index is 10.7. The van der Waals surface area contributed by atoms with Gasteiger partial charge in [0.25, 0.3) is 0 Å². The molecule has 0 saturated heterocycles. The van der Waals surface area contributed by atoms with Gasteiger partial charge in [-0.3, -0.25) is 0 Å². The minimum absolute atomic E-state index is 0.0477. The van der Waals surface area contributed by atoms with Crippen LogP contribution >= 0.6 is 12.6 Å². The van der Waals surface area contributed by atoms with E-state index >= 15 is 0 Å². The van der Waals surface area contributed by atoms with Crippen LogP contribution in [0.3, 0.4) is 0 Å². The monoisotopic (exact) mass is 332 g/mol. The average Bonchev–Trinajstić information content (AvgIpc) is 2.49. The summed E-state index contributed by atoms with van der Waals surface area (Å²) in [7, 11) is 1.58. The Balaban J connectivity index is 1.97. The lowest BCUT2D eigenvalue weighted by atomic mass is 9.66. The molecule has 1 unspecified atom stereocenters. The fourth-order valence-electron chi connectivity index (χ4n) is 3.88. The molecular formula is C16H28O5S. The first kappa shape index (κ1) is 18.0. The molecule has 5 nitrogen and oxygen atoms in total. The van der Waals surface area contributed by atoms with Gasteiger partial charge in [0.2, 0.25) is 0 Å². The number of carbonyl (C=O) groups is 1. The van der Waals surface area contributed by atoms with Crippen molar-refractivity contribution < 1.29 is 24.1 Å². The van der Waals surface area contributed by atoms with Gasteiger partial charge < -0.3 is 19.3 Å². The summed E-state index contributed by atoms with van der Waals surface area (Å²) < 4.78 is 16.8. The van der Waals surface area contributed by atoms with Gasteiger partial charge in [0.1, 0.15) is 12.7 Å². The van der Waals surface area contributed by atoms with E-state index in [1.54, 1.807) is 7.11 Å². The summed E-state index contributed by atoms with van der Waals surface area (Å²) in [5.74, 6) is -0.974. The summed E-state index contributed by atoms with van der Waals surface area (Å²) in [6, 6.07) is 0. The maximum atomic E-state index is 10.7. The molecule has 0 spiro atoms. The van der Waals surface area contributed by atoms with Gasteiger partial charge in [-0.15, -0.1) is 0 Å². The summed E-state index contributed by atoms with van der Waals surface area (Å²) in [5, 5.41) is 8.76. The summed E-state index contributed by atoms with van der Waals surface area (Å²) in [6.45, 7) is 0.378. The highest BCUT2D eigenvalue weighted by atomic mass is 32.1. The zero-order valence-corrected chi connectivity index (χ0v) is 14.3. The molecule has 1 atom stereocenters. The summed E-state index contributed by atoms with van der Waals surface area (Å²) in [5.41, 5.74) is -0.189. The zero-order valence-electron chi connectivity index (χ0n) is 13.4. The quantitative estimate of drug-likeness (QED) is 0.669. The second kappa shape index (κ2) is 7.99.